The molecule has 1 N–H and O–H groups in total. The fourth-order valence-corrected chi connectivity index (χ4v) is 2.39. The summed E-state index contributed by atoms with van der Waals surface area (Å²) in [5.74, 6) is 0. The first-order chi connectivity index (χ1) is 9.69. The fraction of sp³-hybridized carbons (Fsp3) is 0.353. The lowest BCUT2D eigenvalue weighted by molar-refractivity contribution is 0.517. The van der Waals surface area contributed by atoms with Gasteiger partial charge in [-0.2, -0.15) is 0 Å². The summed E-state index contributed by atoms with van der Waals surface area (Å²) in [6.07, 6.45) is 3.96. The molecule has 0 saturated carbocycles. The van der Waals surface area contributed by atoms with Crippen LogP contribution >= 0.6 is 15.9 Å². The van der Waals surface area contributed by atoms with Crippen molar-refractivity contribution < 1.29 is 0 Å². The van der Waals surface area contributed by atoms with E-state index in [0.717, 1.165) is 29.6 Å². The zero-order valence-corrected chi connectivity index (χ0v) is 13.7. The van der Waals surface area contributed by atoms with Crippen molar-refractivity contribution >= 4 is 15.9 Å². The van der Waals surface area contributed by atoms with E-state index in [0.29, 0.717) is 0 Å². The molecule has 2 aromatic rings. The first kappa shape index (κ1) is 15.2. The summed E-state index contributed by atoms with van der Waals surface area (Å²) < 4.78 is 1.02. The van der Waals surface area contributed by atoms with E-state index >= 15 is 0 Å². The molecule has 1 atom stereocenters. The molecule has 1 unspecified atom stereocenters. The van der Waals surface area contributed by atoms with Crippen molar-refractivity contribution in [3.8, 4) is 0 Å². The lowest BCUT2D eigenvalue weighted by atomic mass is 10.0. The number of nitrogens with zero attached hydrogens (tertiary/aromatic N) is 1. The van der Waals surface area contributed by atoms with E-state index in [1.54, 1.807) is 0 Å². The summed E-state index contributed by atoms with van der Waals surface area (Å²) in [6.45, 7) is 5.31. The van der Waals surface area contributed by atoms with E-state index in [4.69, 9.17) is 0 Å². The molecule has 1 aromatic carbocycles. The average molecular weight is 333 g/mol. The third kappa shape index (κ3) is 4.43. The number of rotatable bonds is 6. The van der Waals surface area contributed by atoms with Gasteiger partial charge in [0.2, 0.25) is 0 Å². The van der Waals surface area contributed by atoms with Gasteiger partial charge >= 0.3 is 0 Å². The molecule has 1 heterocycles. The van der Waals surface area contributed by atoms with Gasteiger partial charge in [-0.25, -0.2) is 0 Å². The molecule has 0 radical (unpaired) electrons. The van der Waals surface area contributed by atoms with Gasteiger partial charge in [-0.05, 0) is 59.9 Å². The van der Waals surface area contributed by atoms with E-state index in [2.05, 4.69) is 76.5 Å². The number of pyridine rings is 1. The molecule has 0 aliphatic carbocycles. The van der Waals surface area contributed by atoms with Gasteiger partial charge in [-0.15, -0.1) is 0 Å². The molecular formula is C17H21BrN2. The number of aromatic nitrogens is 1. The maximum absolute atomic E-state index is 4.54. The van der Waals surface area contributed by atoms with E-state index in [1.165, 1.54) is 11.1 Å². The molecule has 0 spiro atoms. The molecule has 106 valence electrons. The van der Waals surface area contributed by atoms with Gasteiger partial charge in [0.1, 0.15) is 0 Å². The largest absolute Gasteiger partial charge is 0.308 e. The van der Waals surface area contributed by atoms with Crippen molar-refractivity contribution in [2.75, 3.05) is 6.54 Å². The zero-order valence-electron chi connectivity index (χ0n) is 12.1. The highest BCUT2D eigenvalue weighted by atomic mass is 79.9. The van der Waals surface area contributed by atoms with Crippen molar-refractivity contribution in [2.45, 2.75) is 32.7 Å². The van der Waals surface area contributed by atoms with Crippen molar-refractivity contribution in [2.24, 2.45) is 0 Å². The third-order valence-corrected chi connectivity index (χ3v) is 3.78. The highest BCUT2D eigenvalue weighted by Gasteiger charge is 2.12. The fourth-order valence-electron chi connectivity index (χ4n) is 2.15. The average Bonchev–Trinajstić information content (AvgIpc) is 2.46. The molecular weight excluding hydrogens is 312 g/mol. The Morgan fingerprint density at radius 1 is 1.15 bits per heavy atom. The van der Waals surface area contributed by atoms with Crippen LogP contribution in [-0.2, 0) is 6.42 Å². The van der Waals surface area contributed by atoms with Crippen molar-refractivity contribution in [1.82, 2.24) is 10.3 Å². The Morgan fingerprint density at radius 2 is 1.90 bits per heavy atom. The lowest BCUT2D eigenvalue weighted by Gasteiger charge is -2.18. The Morgan fingerprint density at radius 3 is 2.50 bits per heavy atom. The second-order valence-electron chi connectivity index (χ2n) is 5.10. The third-order valence-electron chi connectivity index (χ3n) is 3.31. The smallest absolute Gasteiger partial charge is 0.0577 e. The SMILES string of the molecule is CCCNC(Cc1ccc(C)cc1)c1ccc(Br)cn1. The van der Waals surface area contributed by atoms with Gasteiger partial charge in [0.15, 0.2) is 0 Å². The maximum atomic E-state index is 4.54. The lowest BCUT2D eigenvalue weighted by Crippen LogP contribution is -2.25. The van der Waals surface area contributed by atoms with Crippen molar-refractivity contribution in [3.05, 3.63) is 63.9 Å². The Hall–Kier alpha value is -1.19. The highest BCUT2D eigenvalue weighted by Crippen LogP contribution is 2.19. The van der Waals surface area contributed by atoms with Crippen molar-refractivity contribution in [1.29, 1.82) is 0 Å². The van der Waals surface area contributed by atoms with Crippen LogP contribution in [0.1, 0.15) is 36.2 Å². The predicted molar refractivity (Wildman–Crippen MR) is 87.9 cm³/mol. The normalized spacial score (nSPS) is 12.3. The number of hydrogen-bond donors (Lipinski definition) is 1. The summed E-state index contributed by atoms with van der Waals surface area (Å²) in [6, 6.07) is 13.2. The summed E-state index contributed by atoms with van der Waals surface area (Å²) in [5.41, 5.74) is 3.74. The molecule has 0 aliphatic rings. The first-order valence-electron chi connectivity index (χ1n) is 7.09. The van der Waals surface area contributed by atoms with Crippen LogP contribution in [0.2, 0.25) is 0 Å². The minimum absolute atomic E-state index is 0.269. The molecule has 2 rings (SSSR count). The van der Waals surface area contributed by atoms with Crippen molar-refractivity contribution in [3.63, 3.8) is 0 Å². The summed E-state index contributed by atoms with van der Waals surface area (Å²) in [5, 5.41) is 3.59. The zero-order chi connectivity index (χ0) is 14.4. The molecule has 20 heavy (non-hydrogen) atoms. The first-order valence-corrected chi connectivity index (χ1v) is 7.88. The second kappa shape index (κ2) is 7.55. The molecule has 0 aliphatic heterocycles. The van der Waals surface area contributed by atoms with Crippen LogP contribution < -0.4 is 5.32 Å². The number of halogens is 1. The molecule has 0 bridgehead atoms. The van der Waals surface area contributed by atoms with E-state index in [9.17, 15) is 0 Å². The monoisotopic (exact) mass is 332 g/mol. The Labute approximate surface area is 129 Å². The number of hydrogen-bond acceptors (Lipinski definition) is 2. The summed E-state index contributed by atoms with van der Waals surface area (Å²) in [7, 11) is 0. The molecule has 3 heteroatoms. The standard InChI is InChI=1S/C17H21BrN2/c1-3-10-19-17(16-9-8-15(18)12-20-16)11-14-6-4-13(2)5-7-14/h4-9,12,17,19H,3,10-11H2,1-2H3. The molecule has 0 saturated heterocycles. The van der Waals surface area contributed by atoms with Gasteiger partial charge in [0.25, 0.3) is 0 Å². The van der Waals surface area contributed by atoms with Crippen LogP contribution in [0.15, 0.2) is 47.1 Å². The Bertz CT molecular complexity index is 520. The van der Waals surface area contributed by atoms with Gasteiger partial charge in [-0.1, -0.05) is 36.8 Å². The second-order valence-corrected chi connectivity index (χ2v) is 6.01. The summed E-state index contributed by atoms with van der Waals surface area (Å²) in [4.78, 5) is 4.54. The van der Waals surface area contributed by atoms with Crippen LogP contribution in [-0.4, -0.2) is 11.5 Å². The van der Waals surface area contributed by atoms with Crippen LogP contribution in [0.25, 0.3) is 0 Å². The Kier molecular flexibility index (Phi) is 5.74. The van der Waals surface area contributed by atoms with Gasteiger partial charge in [0.05, 0.1) is 11.7 Å². The van der Waals surface area contributed by atoms with Crippen LogP contribution in [0.4, 0.5) is 0 Å². The van der Waals surface area contributed by atoms with E-state index < -0.39 is 0 Å². The van der Waals surface area contributed by atoms with Crippen LogP contribution in [0, 0.1) is 6.92 Å². The highest BCUT2D eigenvalue weighted by molar-refractivity contribution is 9.10. The molecule has 1 aromatic heterocycles. The van der Waals surface area contributed by atoms with Gasteiger partial charge < -0.3 is 5.32 Å². The minimum Gasteiger partial charge on any atom is -0.308 e. The number of benzene rings is 1. The van der Waals surface area contributed by atoms with E-state index in [-0.39, 0.29) is 6.04 Å². The molecule has 0 amide bonds. The van der Waals surface area contributed by atoms with Gasteiger partial charge in [0, 0.05) is 10.7 Å². The predicted octanol–water partition coefficient (Wildman–Crippen LogP) is 4.44. The minimum atomic E-state index is 0.269. The topological polar surface area (TPSA) is 24.9 Å². The quantitative estimate of drug-likeness (QED) is 0.846. The number of aryl methyl sites for hydroxylation is 1. The Balaban J connectivity index is 2.14. The number of nitrogens with one attached hydrogen (secondary N) is 1. The van der Waals surface area contributed by atoms with Crippen LogP contribution in [0.5, 0.6) is 0 Å². The maximum Gasteiger partial charge on any atom is 0.0577 e. The summed E-state index contributed by atoms with van der Waals surface area (Å²) >= 11 is 3.44. The molecule has 0 fully saturated rings. The van der Waals surface area contributed by atoms with E-state index in [1.807, 2.05) is 6.20 Å². The molecule has 2 nitrogen and oxygen atoms in total. The van der Waals surface area contributed by atoms with Crippen LogP contribution in [0.3, 0.4) is 0 Å². The van der Waals surface area contributed by atoms with Gasteiger partial charge in [-0.3, -0.25) is 4.98 Å².